The van der Waals surface area contributed by atoms with Gasteiger partial charge in [0, 0.05) is 5.54 Å². The van der Waals surface area contributed by atoms with E-state index < -0.39 is 0 Å². The lowest BCUT2D eigenvalue weighted by Crippen LogP contribution is -3.11. The molecule has 0 spiro atoms. The molecule has 1 aliphatic rings. The van der Waals surface area contributed by atoms with E-state index in [-0.39, 0.29) is 22.5 Å². The maximum absolute atomic E-state index is 11.5. The minimum atomic E-state index is -0.220. The first-order valence-corrected chi connectivity index (χ1v) is 4.47. The molecule has 76 valence electrons. The highest BCUT2D eigenvalue weighted by atomic mass is 16.5. The summed E-state index contributed by atoms with van der Waals surface area (Å²) in [5.74, 6) is -0.224. The summed E-state index contributed by atoms with van der Waals surface area (Å²) >= 11 is 0. The molecule has 0 saturated carbocycles. The number of carbonyl (C=O) groups excluding carboxylic acids is 1. The van der Waals surface area contributed by atoms with Gasteiger partial charge in [-0.15, -0.1) is 0 Å². The number of nitrogens with one attached hydrogen (secondary N) is 3. The first-order valence-electron chi connectivity index (χ1n) is 4.47. The van der Waals surface area contributed by atoms with Crippen LogP contribution in [0.4, 0.5) is 0 Å². The Hall–Kier alpha value is -0.650. The molecular weight excluding hydrogens is 170 g/mol. The van der Waals surface area contributed by atoms with Crippen LogP contribution in [0.3, 0.4) is 0 Å². The van der Waals surface area contributed by atoms with E-state index in [2.05, 4.69) is 10.7 Å². The highest BCUT2D eigenvalue weighted by Gasteiger charge is 2.29. The molecule has 5 nitrogen and oxygen atoms in total. The van der Waals surface area contributed by atoms with Gasteiger partial charge in [0.2, 0.25) is 5.91 Å². The van der Waals surface area contributed by atoms with Gasteiger partial charge < -0.3 is 10.5 Å². The van der Waals surface area contributed by atoms with Crippen LogP contribution in [0.25, 0.3) is 0 Å². The number of amides is 1. The van der Waals surface area contributed by atoms with Gasteiger partial charge in [-0.25, -0.2) is 0 Å². The fourth-order valence-electron chi connectivity index (χ4n) is 1.26. The van der Waals surface area contributed by atoms with E-state index in [1.165, 1.54) is 0 Å². The lowest BCUT2D eigenvalue weighted by molar-refractivity contribution is -0.882. The molecule has 5 heteroatoms. The highest BCUT2D eigenvalue weighted by Crippen LogP contribution is 2.02. The summed E-state index contributed by atoms with van der Waals surface area (Å²) in [4.78, 5) is 11.5. The summed E-state index contributed by atoms with van der Waals surface area (Å²) in [6, 6.07) is 0. The molecule has 0 aromatic carbocycles. The van der Waals surface area contributed by atoms with E-state index in [0.717, 1.165) is 0 Å². The van der Waals surface area contributed by atoms with Crippen LogP contribution in [-0.2, 0) is 4.79 Å². The molecule has 13 heavy (non-hydrogen) atoms. The zero-order valence-corrected chi connectivity index (χ0v) is 8.31. The molecule has 1 saturated heterocycles. The van der Waals surface area contributed by atoms with Crippen LogP contribution in [0.2, 0.25) is 0 Å². The summed E-state index contributed by atoms with van der Waals surface area (Å²) in [7, 11) is 0. The number of quaternary nitrogens is 1. The minimum Gasteiger partial charge on any atom is -0.613 e. The van der Waals surface area contributed by atoms with Crippen molar-refractivity contribution in [2.24, 2.45) is 5.92 Å². The Balaban J connectivity index is 2.41. The van der Waals surface area contributed by atoms with Crippen molar-refractivity contribution in [2.75, 3.05) is 13.1 Å². The lowest BCUT2D eigenvalue weighted by atomic mass is 10.1. The summed E-state index contributed by atoms with van der Waals surface area (Å²) in [5, 5.41) is 13.6. The van der Waals surface area contributed by atoms with Crippen LogP contribution in [0.5, 0.6) is 0 Å². The van der Waals surface area contributed by atoms with Crippen molar-refractivity contribution in [3.8, 4) is 0 Å². The Kier molecular flexibility index (Phi) is 2.90. The average Bonchev–Trinajstić information content (AvgIpc) is 2.31. The zero-order valence-electron chi connectivity index (χ0n) is 8.31. The van der Waals surface area contributed by atoms with Gasteiger partial charge in [-0.2, -0.15) is 5.43 Å². The molecule has 1 aliphatic heterocycles. The minimum absolute atomic E-state index is 0.0333. The average molecular weight is 187 g/mol. The van der Waals surface area contributed by atoms with Gasteiger partial charge in [-0.3, -0.25) is 9.97 Å². The predicted octanol–water partition coefficient (Wildman–Crippen LogP) is -1.58. The molecule has 0 radical (unpaired) electrons. The van der Waals surface area contributed by atoms with Gasteiger partial charge in [0.15, 0.2) is 0 Å². The van der Waals surface area contributed by atoms with Gasteiger partial charge >= 0.3 is 0 Å². The first-order chi connectivity index (χ1) is 5.88. The van der Waals surface area contributed by atoms with E-state index in [4.69, 9.17) is 0 Å². The van der Waals surface area contributed by atoms with E-state index in [1.54, 1.807) is 0 Å². The highest BCUT2D eigenvalue weighted by molar-refractivity contribution is 5.79. The maximum atomic E-state index is 11.5. The number of rotatable bonds is 1. The summed E-state index contributed by atoms with van der Waals surface area (Å²) in [6.07, 6.45) is 0. The molecule has 0 aromatic heterocycles. The fraction of sp³-hybridized carbons (Fsp3) is 0.875. The normalized spacial score (nSPS) is 28.9. The van der Waals surface area contributed by atoms with Crippen LogP contribution in [0.1, 0.15) is 20.8 Å². The number of hydrogen-bond donors (Lipinski definition) is 3. The standard InChI is InChI=1S/C8H17N3O2/c1-8(2,3)10-7(12)6-4-9-11(13)5-6/h6,9,11H,4-5H2,1-3H3,(H,10,12). The Morgan fingerprint density at radius 2 is 2.23 bits per heavy atom. The molecule has 0 bridgehead atoms. The smallest absolute Gasteiger partial charge is 0.230 e. The molecule has 1 rings (SSSR count). The lowest BCUT2D eigenvalue weighted by Gasteiger charge is -2.22. The van der Waals surface area contributed by atoms with Gasteiger partial charge in [0.1, 0.15) is 12.5 Å². The summed E-state index contributed by atoms with van der Waals surface area (Å²) in [5.41, 5.74) is 2.42. The third-order valence-electron chi connectivity index (χ3n) is 1.85. The van der Waals surface area contributed by atoms with Crippen LogP contribution in [-0.4, -0.2) is 24.5 Å². The van der Waals surface area contributed by atoms with Crippen molar-refractivity contribution >= 4 is 5.91 Å². The molecule has 1 heterocycles. The number of hydroxylamine groups is 1. The van der Waals surface area contributed by atoms with Crippen LogP contribution in [0, 0.1) is 11.1 Å². The molecule has 2 atom stereocenters. The van der Waals surface area contributed by atoms with E-state index in [9.17, 15) is 10.0 Å². The van der Waals surface area contributed by atoms with Crippen molar-refractivity contribution in [3.63, 3.8) is 0 Å². The second kappa shape index (κ2) is 3.61. The van der Waals surface area contributed by atoms with Gasteiger partial charge in [0.05, 0.1) is 6.54 Å². The van der Waals surface area contributed by atoms with E-state index in [1.807, 2.05) is 20.8 Å². The third-order valence-corrected chi connectivity index (χ3v) is 1.85. The van der Waals surface area contributed by atoms with Crippen LogP contribution >= 0.6 is 0 Å². The SMILES string of the molecule is CC(C)(C)NC(=O)C1CN[NH+]([O-])C1. The van der Waals surface area contributed by atoms with Crippen molar-refractivity contribution in [1.82, 2.24) is 10.7 Å². The Bertz CT molecular complexity index is 200. The van der Waals surface area contributed by atoms with Crippen LogP contribution in [0.15, 0.2) is 0 Å². The van der Waals surface area contributed by atoms with E-state index in [0.29, 0.717) is 13.1 Å². The molecule has 0 aromatic rings. The Morgan fingerprint density at radius 1 is 1.62 bits per heavy atom. The van der Waals surface area contributed by atoms with Gasteiger partial charge in [-0.1, -0.05) is 0 Å². The fourth-order valence-corrected chi connectivity index (χ4v) is 1.26. The van der Waals surface area contributed by atoms with Crippen molar-refractivity contribution in [3.05, 3.63) is 5.21 Å². The van der Waals surface area contributed by atoms with Crippen molar-refractivity contribution in [1.29, 1.82) is 0 Å². The largest absolute Gasteiger partial charge is 0.613 e. The third kappa shape index (κ3) is 3.30. The van der Waals surface area contributed by atoms with Crippen molar-refractivity contribution in [2.45, 2.75) is 26.3 Å². The molecule has 3 N–H and O–H groups in total. The first kappa shape index (κ1) is 10.4. The summed E-state index contributed by atoms with van der Waals surface area (Å²) in [6.45, 7) is 6.57. The Labute approximate surface area is 78.0 Å². The Morgan fingerprint density at radius 3 is 2.62 bits per heavy atom. The van der Waals surface area contributed by atoms with Gasteiger partial charge in [0.25, 0.3) is 0 Å². The quantitative estimate of drug-likeness (QED) is 0.434. The summed E-state index contributed by atoms with van der Waals surface area (Å²) < 4.78 is 0. The molecule has 1 fully saturated rings. The second-order valence-electron chi connectivity index (χ2n) is 4.44. The molecule has 2 unspecified atom stereocenters. The zero-order chi connectivity index (χ0) is 10.1. The number of hydrogen-bond acceptors (Lipinski definition) is 3. The molecule has 0 aliphatic carbocycles. The molecule has 1 amide bonds. The maximum Gasteiger partial charge on any atom is 0.230 e. The monoisotopic (exact) mass is 187 g/mol. The van der Waals surface area contributed by atoms with Crippen LogP contribution < -0.4 is 15.9 Å². The topological polar surface area (TPSA) is 68.6 Å². The van der Waals surface area contributed by atoms with Crippen molar-refractivity contribution < 1.29 is 9.97 Å². The molecular formula is C8H17N3O2. The number of carbonyl (C=O) groups is 1. The van der Waals surface area contributed by atoms with E-state index >= 15 is 0 Å². The second-order valence-corrected chi connectivity index (χ2v) is 4.44. The van der Waals surface area contributed by atoms with Gasteiger partial charge in [-0.05, 0) is 20.8 Å². The predicted molar refractivity (Wildman–Crippen MR) is 48.6 cm³/mol.